The highest BCUT2D eigenvalue weighted by atomic mass is 35.5. The highest BCUT2D eigenvalue weighted by Crippen LogP contribution is 2.28. The Morgan fingerprint density at radius 1 is 1.00 bits per heavy atom. The molecule has 2 N–H and O–H groups in total. The molecule has 0 saturated carbocycles. The van der Waals surface area contributed by atoms with Crippen molar-refractivity contribution < 1.29 is 0 Å². The van der Waals surface area contributed by atoms with Crippen molar-refractivity contribution in [2.24, 2.45) is 0 Å². The minimum atomic E-state index is 0.426. The fourth-order valence-corrected chi connectivity index (χ4v) is 2.23. The van der Waals surface area contributed by atoms with Crippen LogP contribution in [0.25, 0.3) is 16.7 Å². The molecule has 0 fully saturated rings. The topological polar surface area (TPSA) is 43.8 Å². The molecule has 0 spiro atoms. The normalized spacial score (nSPS) is 11.0. The Morgan fingerprint density at radius 2 is 1.78 bits per heavy atom. The molecule has 3 nitrogen and oxygen atoms in total. The van der Waals surface area contributed by atoms with Gasteiger partial charge in [-0.3, -0.25) is 4.57 Å². The Balaban J connectivity index is 2.30. The molecule has 1 heterocycles. The van der Waals surface area contributed by atoms with E-state index < -0.39 is 0 Å². The number of nitrogens with two attached hydrogens (primary N) is 1. The predicted molar refractivity (Wildman–Crippen MR) is 75.5 cm³/mol. The number of hydrogen-bond donors (Lipinski definition) is 1. The van der Waals surface area contributed by atoms with E-state index in [-0.39, 0.29) is 0 Å². The number of fused-ring (bicyclic) bond motifs is 1. The molecule has 0 radical (unpaired) electrons. The molecular formula is C13H9Cl2N3. The molecule has 18 heavy (non-hydrogen) atoms. The standard InChI is InChI=1S/C13H9Cl2N3/c14-9-6-5-8(7-10(9)15)18-12-4-2-1-3-11(12)17-13(18)16/h1-7H,(H2,16,17). The lowest BCUT2D eigenvalue weighted by molar-refractivity contribution is 1.11. The first-order valence-corrected chi connectivity index (χ1v) is 6.11. The number of nitrogens with zero attached hydrogens (tertiary/aromatic N) is 2. The van der Waals surface area contributed by atoms with Crippen molar-refractivity contribution in [1.82, 2.24) is 9.55 Å². The zero-order chi connectivity index (χ0) is 12.7. The third-order valence-electron chi connectivity index (χ3n) is 2.75. The monoisotopic (exact) mass is 277 g/mol. The number of benzene rings is 2. The van der Waals surface area contributed by atoms with E-state index in [9.17, 15) is 0 Å². The van der Waals surface area contributed by atoms with Gasteiger partial charge in [0, 0.05) is 0 Å². The van der Waals surface area contributed by atoms with E-state index in [1.54, 1.807) is 12.1 Å². The van der Waals surface area contributed by atoms with Crippen molar-refractivity contribution >= 4 is 40.2 Å². The first-order valence-electron chi connectivity index (χ1n) is 5.35. The predicted octanol–water partition coefficient (Wildman–Crippen LogP) is 3.91. The summed E-state index contributed by atoms with van der Waals surface area (Å²) >= 11 is 11.9. The van der Waals surface area contributed by atoms with Crippen LogP contribution in [0.5, 0.6) is 0 Å². The molecule has 0 bridgehead atoms. The quantitative estimate of drug-likeness (QED) is 0.733. The third-order valence-corrected chi connectivity index (χ3v) is 3.49. The Labute approximate surface area is 114 Å². The molecule has 3 rings (SSSR count). The fraction of sp³-hybridized carbons (Fsp3) is 0. The molecule has 0 unspecified atom stereocenters. The average Bonchev–Trinajstić information content (AvgIpc) is 2.69. The van der Waals surface area contributed by atoms with E-state index >= 15 is 0 Å². The summed E-state index contributed by atoms with van der Waals surface area (Å²) in [5.74, 6) is 0.426. The van der Waals surface area contributed by atoms with Gasteiger partial charge in [-0.15, -0.1) is 0 Å². The van der Waals surface area contributed by atoms with E-state index in [4.69, 9.17) is 28.9 Å². The molecule has 0 aliphatic rings. The van der Waals surface area contributed by atoms with Crippen LogP contribution < -0.4 is 5.73 Å². The largest absolute Gasteiger partial charge is 0.369 e. The number of hydrogen-bond acceptors (Lipinski definition) is 2. The molecule has 5 heteroatoms. The van der Waals surface area contributed by atoms with Crippen LogP contribution in [0.3, 0.4) is 0 Å². The van der Waals surface area contributed by atoms with Gasteiger partial charge in [0.15, 0.2) is 0 Å². The summed E-state index contributed by atoms with van der Waals surface area (Å²) in [5.41, 5.74) is 8.58. The summed E-state index contributed by atoms with van der Waals surface area (Å²) in [6.45, 7) is 0. The van der Waals surface area contributed by atoms with Crippen molar-refractivity contribution in [2.45, 2.75) is 0 Å². The van der Waals surface area contributed by atoms with Crippen LogP contribution >= 0.6 is 23.2 Å². The summed E-state index contributed by atoms with van der Waals surface area (Å²) in [6, 6.07) is 13.1. The summed E-state index contributed by atoms with van der Waals surface area (Å²) in [5, 5.41) is 1.01. The van der Waals surface area contributed by atoms with Crippen LogP contribution in [0.15, 0.2) is 42.5 Å². The first-order chi connectivity index (χ1) is 8.66. The average molecular weight is 278 g/mol. The van der Waals surface area contributed by atoms with Crippen LogP contribution in [0.2, 0.25) is 10.0 Å². The van der Waals surface area contributed by atoms with Gasteiger partial charge in [0.05, 0.1) is 26.8 Å². The Hall–Kier alpha value is -1.71. The van der Waals surface area contributed by atoms with E-state index in [0.29, 0.717) is 16.0 Å². The van der Waals surface area contributed by atoms with Crippen molar-refractivity contribution in [1.29, 1.82) is 0 Å². The summed E-state index contributed by atoms with van der Waals surface area (Å²) < 4.78 is 1.84. The molecule has 0 aliphatic carbocycles. The van der Waals surface area contributed by atoms with Gasteiger partial charge in [-0.25, -0.2) is 4.98 Å². The molecule has 0 amide bonds. The minimum Gasteiger partial charge on any atom is -0.369 e. The second-order valence-electron chi connectivity index (χ2n) is 3.89. The van der Waals surface area contributed by atoms with E-state index in [2.05, 4.69) is 4.98 Å². The highest BCUT2D eigenvalue weighted by molar-refractivity contribution is 6.42. The summed E-state index contributed by atoms with van der Waals surface area (Å²) in [7, 11) is 0. The zero-order valence-electron chi connectivity index (χ0n) is 9.27. The second-order valence-corrected chi connectivity index (χ2v) is 4.71. The Bertz CT molecular complexity index is 734. The Morgan fingerprint density at radius 3 is 2.56 bits per heavy atom. The van der Waals surface area contributed by atoms with Gasteiger partial charge in [-0.05, 0) is 30.3 Å². The molecule has 0 saturated heterocycles. The van der Waals surface area contributed by atoms with Gasteiger partial charge in [-0.1, -0.05) is 35.3 Å². The van der Waals surface area contributed by atoms with Crippen LogP contribution in [-0.2, 0) is 0 Å². The number of aromatic nitrogens is 2. The second kappa shape index (κ2) is 4.19. The van der Waals surface area contributed by atoms with Crippen molar-refractivity contribution in [3.05, 3.63) is 52.5 Å². The lowest BCUT2D eigenvalue weighted by atomic mass is 10.3. The number of rotatable bonds is 1. The Kier molecular flexibility index (Phi) is 2.65. The van der Waals surface area contributed by atoms with E-state index in [1.807, 2.05) is 34.9 Å². The minimum absolute atomic E-state index is 0.426. The highest BCUT2D eigenvalue weighted by Gasteiger charge is 2.10. The number of anilines is 1. The maximum Gasteiger partial charge on any atom is 0.205 e. The summed E-state index contributed by atoms with van der Waals surface area (Å²) in [4.78, 5) is 4.31. The van der Waals surface area contributed by atoms with Crippen LogP contribution in [0.1, 0.15) is 0 Å². The lowest BCUT2D eigenvalue weighted by Crippen LogP contribution is -2.00. The molecule has 90 valence electrons. The first kappa shape index (κ1) is 11.4. The lowest BCUT2D eigenvalue weighted by Gasteiger charge is -2.07. The number of halogens is 2. The molecule has 2 aromatic carbocycles. The van der Waals surface area contributed by atoms with Gasteiger partial charge in [0.25, 0.3) is 0 Å². The maximum atomic E-state index is 6.03. The fourth-order valence-electron chi connectivity index (χ4n) is 1.94. The number of imidazole rings is 1. The zero-order valence-corrected chi connectivity index (χ0v) is 10.8. The van der Waals surface area contributed by atoms with E-state index in [1.165, 1.54) is 0 Å². The molecule has 0 atom stereocenters. The van der Waals surface area contributed by atoms with Crippen LogP contribution in [0.4, 0.5) is 5.95 Å². The molecular weight excluding hydrogens is 269 g/mol. The third kappa shape index (κ3) is 1.72. The van der Waals surface area contributed by atoms with Crippen molar-refractivity contribution in [3.63, 3.8) is 0 Å². The maximum absolute atomic E-state index is 6.03. The SMILES string of the molecule is Nc1nc2ccccc2n1-c1ccc(Cl)c(Cl)c1. The number of para-hydroxylation sites is 2. The van der Waals surface area contributed by atoms with Crippen LogP contribution in [0, 0.1) is 0 Å². The van der Waals surface area contributed by atoms with Gasteiger partial charge >= 0.3 is 0 Å². The van der Waals surface area contributed by atoms with Gasteiger partial charge in [-0.2, -0.15) is 0 Å². The van der Waals surface area contributed by atoms with Crippen LogP contribution in [-0.4, -0.2) is 9.55 Å². The molecule has 3 aromatic rings. The van der Waals surface area contributed by atoms with Crippen molar-refractivity contribution in [3.8, 4) is 5.69 Å². The molecule has 1 aromatic heterocycles. The number of nitrogen functional groups attached to an aromatic ring is 1. The van der Waals surface area contributed by atoms with Gasteiger partial charge in [0.1, 0.15) is 0 Å². The van der Waals surface area contributed by atoms with Gasteiger partial charge in [0.2, 0.25) is 5.95 Å². The smallest absolute Gasteiger partial charge is 0.205 e. The summed E-state index contributed by atoms with van der Waals surface area (Å²) in [6.07, 6.45) is 0. The van der Waals surface area contributed by atoms with E-state index in [0.717, 1.165) is 16.7 Å². The van der Waals surface area contributed by atoms with Gasteiger partial charge < -0.3 is 5.73 Å². The van der Waals surface area contributed by atoms with Crippen molar-refractivity contribution in [2.75, 3.05) is 5.73 Å². The molecule has 0 aliphatic heterocycles.